The van der Waals surface area contributed by atoms with Gasteiger partial charge in [0.15, 0.2) is 19.7 Å². The molecule has 8 aromatic rings. The summed E-state index contributed by atoms with van der Waals surface area (Å²) < 4.78 is 216. The fourth-order valence-corrected chi connectivity index (χ4v) is 10.2. The molecule has 20 nitrogen and oxygen atoms in total. The van der Waals surface area contributed by atoms with Crippen LogP contribution in [0.3, 0.4) is 0 Å². The summed E-state index contributed by atoms with van der Waals surface area (Å²) in [7, 11) is -15.5. The van der Waals surface area contributed by atoms with Crippen molar-refractivity contribution in [3.8, 4) is 51.0 Å². The van der Waals surface area contributed by atoms with Gasteiger partial charge in [-0.05, 0) is 123 Å². The van der Waals surface area contributed by atoms with Crippen LogP contribution in [0.2, 0.25) is 0 Å². The summed E-state index contributed by atoms with van der Waals surface area (Å²) in [5, 5.41) is 18.2. The number of phenols is 2. The molecule has 446 valence electrons. The zero-order valence-corrected chi connectivity index (χ0v) is 63.1. The Morgan fingerprint density at radius 3 is 1.18 bits per heavy atom. The van der Waals surface area contributed by atoms with Gasteiger partial charge in [-0.3, -0.25) is 0 Å². The first-order chi connectivity index (χ1) is 39.1. The minimum atomic E-state index is -5.16. The maximum atomic E-state index is 13.3. The predicted molar refractivity (Wildman–Crippen MR) is 308 cm³/mol. The van der Waals surface area contributed by atoms with Crippen LogP contribution >= 0.6 is 17.1 Å². The third-order valence-electron chi connectivity index (χ3n) is 9.92. The van der Waals surface area contributed by atoms with Gasteiger partial charge in [-0.15, -0.1) is 49.5 Å². The fourth-order valence-electron chi connectivity index (χ4n) is 6.25. The number of hydrogen-bond donors (Lipinski definition) is 2. The maximum absolute atomic E-state index is 13.3. The molecule has 88 heavy (non-hydrogen) atoms. The molecule has 0 spiro atoms. The number of aromatic hydroxyl groups is 2. The molecule has 1 unspecified atom stereocenters. The van der Waals surface area contributed by atoms with Gasteiger partial charge in [0.25, 0.3) is 0 Å². The van der Waals surface area contributed by atoms with Crippen molar-refractivity contribution >= 4 is 106 Å². The molecule has 38 heteroatoms. The molecule has 0 aromatic heterocycles. The molecule has 0 saturated carbocycles. The first-order valence-corrected chi connectivity index (χ1v) is 33.6. The number of halogens is 3. The fraction of sp³-hybridized carbons (Fsp3) is 0.0400. The standard InChI is InChI=1S/C26H21O7S2.C12H7F2O5S2.C12H10O2.BH2P.FHPS2.4Na.2O3S/c1-18-3-14-25(17-26(18)35(29,30)31)34(27,28)24-15-12-23(13-16-24)33-22-10-6-20(7-11-22)19-4-8-21(32-2)9-5-19;13-8-1-3-9(4-2-8)20(15,16)10-5-6-11(14)12(7-10)21(17,18)19;13-11-5-1-9(2-6-11)10-3-7-12(14)8-4-10;1-2;1-4(2)3;;;;;2*1-4(2)3/h3-12,14-17H,1-2H3,(H,29,30,31);1,3-7H,(H,17,18,19);1-8,13-14H;2H2;2H;;;;;;/q2*-1;;;-1;4*+1;;/p-2. The number of phenolic OH excluding ortho intramolecular Hbond substituents is 2. The van der Waals surface area contributed by atoms with E-state index in [1.807, 2.05) is 75.8 Å². The molecule has 0 aliphatic rings. The van der Waals surface area contributed by atoms with E-state index in [2.05, 4.69) is 32.8 Å². The summed E-state index contributed by atoms with van der Waals surface area (Å²) >= 11 is 3.90. The van der Waals surface area contributed by atoms with Crippen LogP contribution in [0.25, 0.3) is 22.3 Å². The van der Waals surface area contributed by atoms with Gasteiger partial charge in [0.1, 0.15) is 49.1 Å². The molecule has 2 radical (unpaired) electrons. The van der Waals surface area contributed by atoms with E-state index in [0.717, 1.165) is 58.3 Å². The van der Waals surface area contributed by atoms with Crippen molar-refractivity contribution in [2.45, 2.75) is 36.3 Å². The Morgan fingerprint density at radius 2 is 0.852 bits per heavy atom. The van der Waals surface area contributed by atoms with Crippen LogP contribution in [-0.2, 0) is 81.3 Å². The van der Waals surface area contributed by atoms with E-state index in [1.54, 1.807) is 43.5 Å². The molecule has 0 bridgehead atoms. The minimum Gasteiger partial charge on any atom is -0.744 e. The Labute approximate surface area is 610 Å². The van der Waals surface area contributed by atoms with Gasteiger partial charge in [-0.2, -0.15) is 33.4 Å². The summed E-state index contributed by atoms with van der Waals surface area (Å²) in [6.07, 6.45) is 0. The van der Waals surface area contributed by atoms with Gasteiger partial charge in [0.2, 0.25) is 0 Å². The second kappa shape index (κ2) is 43.1. The minimum absolute atomic E-state index is 0. The number of benzene rings is 8. The third kappa shape index (κ3) is 31.6. The molecule has 8 rings (SSSR count). The number of rotatable bonds is 11. The SMILES string of the molecule is COc1ccc(-c2ccc(Oc3[c-]cc(S(=O)(=O)c4ccc(C)c(S(=O)(=O)[O-])c4)cc3)cc2)cc1.F[S-](=P)=S.O=S(=O)([O-])c1cc(S(=O)(=O)c2c[c-]c(F)cc2)ccc1F.O=S(=O)=O.O=S(=O)=O.Oc1ccc(-c2ccc(O)cc2)cc1.[B]P.[Na+].[Na+].[Na+].[Na+]. The Bertz CT molecular complexity index is 4220. The van der Waals surface area contributed by atoms with E-state index in [1.165, 1.54) is 37.3 Å². The first kappa shape index (κ1) is 89.3. The van der Waals surface area contributed by atoms with Crippen LogP contribution < -0.4 is 128 Å². The van der Waals surface area contributed by atoms with Crippen molar-refractivity contribution in [2.24, 2.45) is 0 Å². The molecule has 0 aliphatic carbocycles. The van der Waals surface area contributed by atoms with Gasteiger partial charge in [0.05, 0.1) is 34.3 Å². The quantitative estimate of drug-likeness (QED) is 0.0239. The van der Waals surface area contributed by atoms with E-state index in [-0.39, 0.29) is 150 Å². The number of aryl methyl sites for hydroxylation is 1. The van der Waals surface area contributed by atoms with Crippen LogP contribution in [0.4, 0.5) is 12.7 Å². The van der Waals surface area contributed by atoms with E-state index in [4.69, 9.17) is 44.9 Å². The Morgan fingerprint density at radius 1 is 0.534 bits per heavy atom. The van der Waals surface area contributed by atoms with Crippen LogP contribution in [0.1, 0.15) is 5.56 Å². The van der Waals surface area contributed by atoms with Crippen LogP contribution in [-0.4, -0.2) is 92.9 Å². The molecule has 0 fully saturated rings. The topological polar surface area (TPSA) is 344 Å². The molecular formula is C50H39BF3Na4O20P2S8-. The summed E-state index contributed by atoms with van der Waals surface area (Å²) in [5.41, 5.74) is 4.21. The molecule has 0 aliphatic heterocycles. The van der Waals surface area contributed by atoms with Crippen LogP contribution in [0.15, 0.2) is 199 Å². The van der Waals surface area contributed by atoms with Crippen molar-refractivity contribution in [3.63, 3.8) is 0 Å². The number of hydrogen-bond acceptors (Lipinski definition) is 22. The Kier molecular flexibility index (Phi) is 43.7. The van der Waals surface area contributed by atoms with Crippen LogP contribution in [0, 0.1) is 30.7 Å². The zero-order valence-electron chi connectivity index (χ0n) is 46.5. The van der Waals surface area contributed by atoms with Crippen molar-refractivity contribution in [3.05, 3.63) is 199 Å². The number of ether oxygens (including phenoxy) is 2. The predicted octanol–water partition coefficient (Wildman–Crippen LogP) is -3.77. The van der Waals surface area contributed by atoms with Crippen LogP contribution in [0.5, 0.6) is 28.7 Å². The van der Waals surface area contributed by atoms with E-state index < -0.39 is 96.5 Å². The van der Waals surface area contributed by atoms with Gasteiger partial charge < -0.3 is 32.7 Å². The molecule has 8 aromatic carbocycles. The summed E-state index contributed by atoms with van der Waals surface area (Å²) in [5.74, 6) is -0.00987. The smallest absolute Gasteiger partial charge is 0.744 e. The van der Waals surface area contributed by atoms with Crippen molar-refractivity contribution < 1.29 is 219 Å². The normalized spacial score (nSPS) is 10.2. The zero-order chi connectivity index (χ0) is 63.8. The largest absolute Gasteiger partial charge is 1.00 e. The van der Waals surface area contributed by atoms with Gasteiger partial charge in [0, 0.05) is 11.6 Å². The van der Waals surface area contributed by atoms with Crippen molar-refractivity contribution in [1.82, 2.24) is 0 Å². The second-order valence-corrected chi connectivity index (χ2v) is 26.0. The Balaban J connectivity index is -0.00000116. The monoisotopic (exact) mass is 1440 g/mol. The number of sulfone groups is 2. The average molecular weight is 1440 g/mol. The van der Waals surface area contributed by atoms with Crippen molar-refractivity contribution in [2.75, 3.05) is 7.11 Å². The summed E-state index contributed by atoms with van der Waals surface area (Å²) in [6.45, 7) is 1.42. The Hall–Kier alpha value is -2.93. The maximum Gasteiger partial charge on any atom is 1.00 e. The number of methoxy groups -OCH3 is 1. The first-order valence-electron chi connectivity index (χ1n) is 21.8. The summed E-state index contributed by atoms with van der Waals surface area (Å²) in [6, 6.07) is 45.6. The van der Waals surface area contributed by atoms with Crippen molar-refractivity contribution in [1.29, 1.82) is 0 Å². The average Bonchev–Trinajstić information content (AvgIpc) is 1.01. The molecule has 2 N–H and O–H groups in total. The summed E-state index contributed by atoms with van der Waals surface area (Å²) in [4.78, 5) is -3.22. The molecule has 0 saturated heterocycles. The van der Waals surface area contributed by atoms with Gasteiger partial charge in [-0.25, -0.2) is 70.7 Å². The molecule has 0 heterocycles. The molecule has 1 atom stereocenters. The molecule has 0 amide bonds. The van der Waals surface area contributed by atoms with E-state index in [9.17, 15) is 55.4 Å². The molecular weight excluding hydrogens is 1400 g/mol. The van der Waals surface area contributed by atoms with E-state index in [0.29, 0.717) is 23.6 Å². The van der Waals surface area contributed by atoms with E-state index >= 15 is 0 Å². The van der Waals surface area contributed by atoms with Gasteiger partial charge in [-0.1, -0.05) is 54.6 Å². The third-order valence-corrected chi connectivity index (χ3v) is 15.2. The van der Waals surface area contributed by atoms with Gasteiger partial charge >= 0.3 is 139 Å². The second-order valence-electron chi connectivity index (χ2n) is 15.3.